The van der Waals surface area contributed by atoms with Crippen molar-refractivity contribution in [2.75, 3.05) is 0 Å². The van der Waals surface area contributed by atoms with E-state index >= 15 is 0 Å². The molecule has 3 aliphatic rings. The van der Waals surface area contributed by atoms with Crippen LogP contribution in [-0.2, 0) is 18.9 Å². The van der Waals surface area contributed by atoms with Crippen LogP contribution >= 0.6 is 0 Å². The molecule has 0 aromatic carbocycles. The first-order valence-electron chi connectivity index (χ1n) is 6.59. The molecule has 3 fully saturated rings. The van der Waals surface area contributed by atoms with Gasteiger partial charge in [-0.05, 0) is 47.1 Å². The van der Waals surface area contributed by atoms with Crippen LogP contribution in [0.3, 0.4) is 0 Å². The molecule has 4 atom stereocenters. The van der Waals surface area contributed by atoms with Gasteiger partial charge in [0.15, 0.2) is 11.6 Å². The van der Waals surface area contributed by atoms with E-state index in [4.69, 9.17) is 18.9 Å². The second-order valence-electron chi connectivity index (χ2n) is 6.50. The summed E-state index contributed by atoms with van der Waals surface area (Å²) in [5, 5.41) is 0. The number of hydrogen-bond acceptors (Lipinski definition) is 4. The smallest absolute Gasteiger partial charge is 0.164 e. The van der Waals surface area contributed by atoms with Gasteiger partial charge in [0.1, 0.15) is 24.4 Å². The summed E-state index contributed by atoms with van der Waals surface area (Å²) in [5.74, 6) is -1.09. The summed E-state index contributed by atoms with van der Waals surface area (Å²) in [6, 6.07) is 0. The van der Waals surface area contributed by atoms with Crippen LogP contribution in [0, 0.1) is 0 Å². The van der Waals surface area contributed by atoms with Crippen molar-refractivity contribution in [2.45, 2.75) is 77.5 Å². The van der Waals surface area contributed by atoms with E-state index in [2.05, 4.69) is 13.8 Å². The molecule has 2 heterocycles. The van der Waals surface area contributed by atoms with Crippen molar-refractivity contribution in [3.05, 3.63) is 11.1 Å². The van der Waals surface area contributed by atoms with Gasteiger partial charge in [-0.15, -0.1) is 0 Å². The number of hydrogen-bond donors (Lipinski definition) is 0. The third kappa shape index (κ3) is 1.74. The third-order valence-electron chi connectivity index (χ3n) is 3.77. The Balaban J connectivity index is 1.98. The third-order valence-corrected chi connectivity index (χ3v) is 3.77. The molecule has 3 rings (SSSR count). The van der Waals surface area contributed by atoms with Gasteiger partial charge in [-0.25, -0.2) is 0 Å². The first-order valence-corrected chi connectivity index (χ1v) is 6.59. The highest BCUT2D eigenvalue weighted by Crippen LogP contribution is 2.49. The van der Waals surface area contributed by atoms with E-state index in [1.54, 1.807) is 0 Å². The molecule has 4 heteroatoms. The minimum absolute atomic E-state index is 0.0314. The number of ether oxygens (including phenoxy) is 4. The first-order chi connectivity index (χ1) is 8.20. The maximum Gasteiger partial charge on any atom is 0.164 e. The molecule has 0 aromatic rings. The Morgan fingerprint density at radius 3 is 1.50 bits per heavy atom. The van der Waals surface area contributed by atoms with Crippen molar-refractivity contribution in [3.63, 3.8) is 0 Å². The Bertz CT molecular complexity index is 374. The average Bonchev–Trinajstić information content (AvgIpc) is 2.69. The van der Waals surface area contributed by atoms with Crippen LogP contribution < -0.4 is 0 Å². The maximum atomic E-state index is 6.01. The molecule has 1 aliphatic carbocycles. The lowest BCUT2D eigenvalue weighted by Crippen LogP contribution is -2.34. The second kappa shape index (κ2) is 3.57. The zero-order chi connectivity index (χ0) is 13.3. The highest BCUT2D eigenvalue weighted by molar-refractivity contribution is 5.32. The second-order valence-corrected chi connectivity index (χ2v) is 6.50. The average molecular weight is 254 g/mol. The van der Waals surface area contributed by atoms with Crippen LogP contribution in [0.4, 0.5) is 0 Å². The topological polar surface area (TPSA) is 36.9 Å². The molecule has 0 aromatic heterocycles. The summed E-state index contributed by atoms with van der Waals surface area (Å²) >= 11 is 0. The summed E-state index contributed by atoms with van der Waals surface area (Å²) < 4.78 is 24.0. The SMILES string of the molecule is CC(C)=C1[C@H]2OC(C)(C)O[C@H]2[C@@H]2OC(C)(C)O[C@H]12. The normalized spacial score (nSPS) is 44.0. The molecule has 2 saturated heterocycles. The lowest BCUT2D eigenvalue weighted by atomic mass is 10.1. The molecule has 0 spiro atoms. The largest absolute Gasteiger partial charge is 0.341 e. The molecule has 0 amide bonds. The Kier molecular flexibility index (Phi) is 2.50. The van der Waals surface area contributed by atoms with E-state index < -0.39 is 11.6 Å². The lowest BCUT2D eigenvalue weighted by molar-refractivity contribution is -0.174. The number of rotatable bonds is 0. The van der Waals surface area contributed by atoms with Crippen LogP contribution in [0.1, 0.15) is 41.5 Å². The van der Waals surface area contributed by atoms with Crippen LogP contribution in [-0.4, -0.2) is 36.0 Å². The van der Waals surface area contributed by atoms with Crippen LogP contribution in [0.25, 0.3) is 0 Å². The highest BCUT2D eigenvalue weighted by atomic mass is 16.8. The van der Waals surface area contributed by atoms with Crippen molar-refractivity contribution in [1.82, 2.24) is 0 Å². The first kappa shape index (κ1) is 12.6. The van der Waals surface area contributed by atoms with Gasteiger partial charge in [-0.2, -0.15) is 0 Å². The van der Waals surface area contributed by atoms with E-state index in [1.807, 2.05) is 27.7 Å². The molecule has 0 unspecified atom stereocenters. The van der Waals surface area contributed by atoms with E-state index in [0.29, 0.717) is 0 Å². The maximum absolute atomic E-state index is 6.01. The number of allylic oxidation sites excluding steroid dienone is 1. The molecule has 102 valence electrons. The highest BCUT2D eigenvalue weighted by Gasteiger charge is 2.62. The van der Waals surface area contributed by atoms with Gasteiger partial charge < -0.3 is 18.9 Å². The van der Waals surface area contributed by atoms with Gasteiger partial charge in [0.2, 0.25) is 0 Å². The van der Waals surface area contributed by atoms with E-state index in [9.17, 15) is 0 Å². The molecule has 18 heavy (non-hydrogen) atoms. The molecule has 4 nitrogen and oxygen atoms in total. The lowest BCUT2D eigenvalue weighted by Gasteiger charge is -2.23. The fourth-order valence-electron chi connectivity index (χ4n) is 3.27. The zero-order valence-electron chi connectivity index (χ0n) is 11.9. The Hall–Kier alpha value is -0.420. The zero-order valence-corrected chi connectivity index (χ0v) is 11.9. The Morgan fingerprint density at radius 1 is 0.778 bits per heavy atom. The van der Waals surface area contributed by atoms with Crippen molar-refractivity contribution in [3.8, 4) is 0 Å². The monoisotopic (exact) mass is 254 g/mol. The summed E-state index contributed by atoms with van der Waals surface area (Å²) in [6.07, 6.45) is -0.180. The fraction of sp³-hybridized carbons (Fsp3) is 0.857. The molecule has 0 radical (unpaired) electrons. The van der Waals surface area contributed by atoms with E-state index in [0.717, 1.165) is 0 Å². The van der Waals surface area contributed by atoms with Gasteiger partial charge in [-0.3, -0.25) is 0 Å². The summed E-state index contributed by atoms with van der Waals surface area (Å²) in [5.41, 5.74) is 2.43. The van der Waals surface area contributed by atoms with Crippen molar-refractivity contribution in [2.24, 2.45) is 0 Å². The molecule has 0 N–H and O–H groups in total. The Morgan fingerprint density at radius 2 is 1.17 bits per heavy atom. The summed E-state index contributed by atoms with van der Waals surface area (Å²) in [4.78, 5) is 0. The van der Waals surface area contributed by atoms with Crippen LogP contribution in [0.5, 0.6) is 0 Å². The predicted molar refractivity (Wildman–Crippen MR) is 66.0 cm³/mol. The quantitative estimate of drug-likeness (QED) is 0.622. The standard InChI is InChI=1S/C14H22O4/c1-7(2)8-9-11(17-13(3,4)15-9)12-10(8)16-14(5,6)18-12/h9-12H,1-6H3/t9-,10-,11-,12-/m1/s1. The van der Waals surface area contributed by atoms with E-state index in [1.165, 1.54) is 11.1 Å². The molecular formula is C14H22O4. The van der Waals surface area contributed by atoms with Gasteiger partial charge >= 0.3 is 0 Å². The van der Waals surface area contributed by atoms with Crippen molar-refractivity contribution in [1.29, 1.82) is 0 Å². The van der Waals surface area contributed by atoms with Gasteiger partial charge in [0, 0.05) is 0 Å². The molecule has 2 aliphatic heterocycles. The summed E-state index contributed by atoms with van der Waals surface area (Å²) in [7, 11) is 0. The van der Waals surface area contributed by atoms with Gasteiger partial charge in [-0.1, -0.05) is 5.57 Å². The molecule has 1 saturated carbocycles. The van der Waals surface area contributed by atoms with Crippen LogP contribution in [0.2, 0.25) is 0 Å². The van der Waals surface area contributed by atoms with E-state index in [-0.39, 0.29) is 24.4 Å². The van der Waals surface area contributed by atoms with Crippen molar-refractivity contribution >= 4 is 0 Å². The minimum Gasteiger partial charge on any atom is -0.341 e. The molecule has 0 bridgehead atoms. The minimum atomic E-state index is -0.545. The van der Waals surface area contributed by atoms with Crippen molar-refractivity contribution < 1.29 is 18.9 Å². The summed E-state index contributed by atoms with van der Waals surface area (Å²) in [6.45, 7) is 12.0. The van der Waals surface area contributed by atoms with Gasteiger partial charge in [0.05, 0.1) is 0 Å². The predicted octanol–water partition coefficient (Wildman–Crippen LogP) is 2.38. The fourth-order valence-corrected chi connectivity index (χ4v) is 3.27. The van der Waals surface area contributed by atoms with Crippen LogP contribution in [0.15, 0.2) is 11.1 Å². The Labute approximate surface area is 108 Å². The number of fused-ring (bicyclic) bond motifs is 3. The molecular weight excluding hydrogens is 232 g/mol. The van der Waals surface area contributed by atoms with Gasteiger partial charge in [0.25, 0.3) is 0 Å².